The molecule has 98 valence electrons. The van der Waals surface area contributed by atoms with Crippen LogP contribution in [0.2, 0.25) is 0 Å². The Bertz CT molecular complexity index is 607. The Balaban J connectivity index is 2.59. The van der Waals surface area contributed by atoms with Crippen LogP contribution in [-0.4, -0.2) is 18.2 Å². The maximum atomic E-state index is 11.0. The number of carboxylic acids is 1. The van der Waals surface area contributed by atoms with Crippen molar-refractivity contribution < 1.29 is 14.6 Å². The number of rotatable bonds is 3. The lowest BCUT2D eigenvalue weighted by Gasteiger charge is -2.13. The maximum Gasteiger partial charge on any atom is 0.335 e. The van der Waals surface area contributed by atoms with Gasteiger partial charge in [0.25, 0.3) is 0 Å². The van der Waals surface area contributed by atoms with Crippen LogP contribution in [0.25, 0.3) is 11.1 Å². The second kappa shape index (κ2) is 5.14. The summed E-state index contributed by atoms with van der Waals surface area (Å²) in [5.41, 5.74) is 4.41. The summed E-state index contributed by atoms with van der Waals surface area (Å²) in [5, 5.41) is 9.06. The highest BCUT2D eigenvalue weighted by Gasteiger charge is 2.10. The van der Waals surface area contributed by atoms with E-state index in [1.807, 2.05) is 32.0 Å². The van der Waals surface area contributed by atoms with E-state index in [0.717, 1.165) is 28.0 Å². The van der Waals surface area contributed by atoms with Gasteiger partial charge in [0.2, 0.25) is 0 Å². The highest BCUT2D eigenvalue weighted by atomic mass is 16.5. The molecular weight excluding hydrogens is 240 g/mol. The van der Waals surface area contributed by atoms with Gasteiger partial charge < -0.3 is 9.84 Å². The third-order valence-electron chi connectivity index (χ3n) is 3.14. The fourth-order valence-corrected chi connectivity index (χ4v) is 2.30. The SMILES string of the molecule is COc1cc(C)c(-c2cccc(C(=O)O)c2)c(C)c1. The average molecular weight is 256 g/mol. The molecule has 19 heavy (non-hydrogen) atoms. The number of aromatic carboxylic acids is 1. The monoisotopic (exact) mass is 256 g/mol. The second-order valence-electron chi connectivity index (χ2n) is 4.52. The predicted octanol–water partition coefficient (Wildman–Crippen LogP) is 3.68. The molecule has 0 saturated carbocycles. The highest BCUT2D eigenvalue weighted by Crippen LogP contribution is 2.31. The van der Waals surface area contributed by atoms with Crippen LogP contribution in [0.3, 0.4) is 0 Å². The van der Waals surface area contributed by atoms with E-state index >= 15 is 0 Å². The zero-order chi connectivity index (χ0) is 14.0. The van der Waals surface area contributed by atoms with Crippen LogP contribution in [0.1, 0.15) is 21.5 Å². The van der Waals surface area contributed by atoms with Crippen molar-refractivity contribution in [2.75, 3.05) is 7.11 Å². The molecule has 0 saturated heterocycles. The van der Waals surface area contributed by atoms with Crippen LogP contribution >= 0.6 is 0 Å². The molecule has 3 heteroatoms. The third-order valence-corrected chi connectivity index (χ3v) is 3.14. The molecule has 0 aliphatic rings. The Hall–Kier alpha value is -2.29. The number of hydrogen-bond donors (Lipinski definition) is 1. The number of carboxylic acid groups (broad SMARTS) is 1. The molecule has 3 nitrogen and oxygen atoms in total. The van der Waals surface area contributed by atoms with Gasteiger partial charge in [0.1, 0.15) is 5.75 Å². The number of aryl methyl sites for hydroxylation is 2. The largest absolute Gasteiger partial charge is 0.497 e. The van der Waals surface area contributed by atoms with E-state index < -0.39 is 5.97 Å². The molecule has 0 aliphatic heterocycles. The normalized spacial score (nSPS) is 10.3. The first kappa shape index (κ1) is 13.1. The van der Waals surface area contributed by atoms with Crippen LogP contribution in [0.15, 0.2) is 36.4 Å². The summed E-state index contributed by atoms with van der Waals surface area (Å²) in [6, 6.07) is 10.9. The Labute approximate surface area is 112 Å². The molecule has 0 radical (unpaired) electrons. The van der Waals surface area contributed by atoms with Crippen molar-refractivity contribution >= 4 is 5.97 Å². The van der Waals surface area contributed by atoms with Crippen molar-refractivity contribution in [3.63, 3.8) is 0 Å². The summed E-state index contributed by atoms with van der Waals surface area (Å²) in [7, 11) is 1.64. The maximum absolute atomic E-state index is 11.0. The Morgan fingerprint density at radius 3 is 2.26 bits per heavy atom. The zero-order valence-corrected chi connectivity index (χ0v) is 11.2. The van der Waals surface area contributed by atoms with Gasteiger partial charge in [-0.3, -0.25) is 0 Å². The zero-order valence-electron chi connectivity index (χ0n) is 11.2. The molecule has 2 aromatic rings. The van der Waals surface area contributed by atoms with Gasteiger partial charge in [0.05, 0.1) is 12.7 Å². The number of carbonyl (C=O) groups is 1. The minimum atomic E-state index is -0.911. The van der Waals surface area contributed by atoms with E-state index in [0.29, 0.717) is 5.56 Å². The third kappa shape index (κ3) is 2.60. The van der Waals surface area contributed by atoms with Crippen molar-refractivity contribution in [2.24, 2.45) is 0 Å². The topological polar surface area (TPSA) is 46.5 Å². The van der Waals surface area contributed by atoms with Crippen LogP contribution in [0, 0.1) is 13.8 Å². The molecule has 2 aromatic carbocycles. The van der Waals surface area contributed by atoms with Gasteiger partial charge in [-0.15, -0.1) is 0 Å². The minimum absolute atomic E-state index is 0.298. The smallest absolute Gasteiger partial charge is 0.335 e. The summed E-state index contributed by atoms with van der Waals surface area (Å²) in [4.78, 5) is 11.0. The molecule has 0 aliphatic carbocycles. The first-order valence-corrected chi connectivity index (χ1v) is 6.02. The number of benzene rings is 2. The van der Waals surface area contributed by atoms with E-state index in [1.54, 1.807) is 25.3 Å². The van der Waals surface area contributed by atoms with Gasteiger partial charge in [0, 0.05) is 0 Å². The molecule has 0 fully saturated rings. The van der Waals surface area contributed by atoms with Gasteiger partial charge in [-0.1, -0.05) is 12.1 Å². The average Bonchev–Trinajstić information content (AvgIpc) is 2.38. The molecule has 0 aromatic heterocycles. The lowest BCUT2D eigenvalue weighted by molar-refractivity contribution is 0.0697. The molecule has 1 N–H and O–H groups in total. The fourth-order valence-electron chi connectivity index (χ4n) is 2.30. The van der Waals surface area contributed by atoms with Crippen molar-refractivity contribution in [3.8, 4) is 16.9 Å². The van der Waals surface area contributed by atoms with Gasteiger partial charge in [0.15, 0.2) is 0 Å². The first-order valence-electron chi connectivity index (χ1n) is 6.02. The number of ether oxygens (including phenoxy) is 1. The van der Waals surface area contributed by atoms with Gasteiger partial charge in [-0.25, -0.2) is 4.79 Å². The summed E-state index contributed by atoms with van der Waals surface area (Å²) >= 11 is 0. The molecule has 2 rings (SSSR count). The van der Waals surface area contributed by atoms with E-state index in [2.05, 4.69) is 0 Å². The number of methoxy groups -OCH3 is 1. The Kier molecular flexibility index (Phi) is 3.56. The Morgan fingerprint density at radius 1 is 1.11 bits per heavy atom. The fraction of sp³-hybridized carbons (Fsp3) is 0.188. The first-order chi connectivity index (χ1) is 9.02. The highest BCUT2D eigenvalue weighted by molar-refractivity contribution is 5.89. The summed E-state index contributed by atoms with van der Waals surface area (Å²) in [5.74, 6) is -0.0983. The van der Waals surface area contributed by atoms with Gasteiger partial charge in [-0.2, -0.15) is 0 Å². The minimum Gasteiger partial charge on any atom is -0.497 e. The van der Waals surface area contributed by atoms with Crippen LogP contribution < -0.4 is 4.74 Å². The molecule has 0 unspecified atom stereocenters. The lowest BCUT2D eigenvalue weighted by Crippen LogP contribution is -1.97. The number of hydrogen-bond acceptors (Lipinski definition) is 2. The second-order valence-corrected chi connectivity index (χ2v) is 4.52. The molecule has 0 amide bonds. The van der Waals surface area contributed by atoms with E-state index in [9.17, 15) is 4.79 Å². The van der Waals surface area contributed by atoms with Crippen molar-refractivity contribution in [1.82, 2.24) is 0 Å². The standard InChI is InChI=1S/C16H16O3/c1-10-7-14(19-3)8-11(2)15(10)12-5-4-6-13(9-12)16(17)18/h4-9H,1-3H3,(H,17,18). The van der Waals surface area contributed by atoms with Crippen LogP contribution in [0.5, 0.6) is 5.75 Å². The van der Waals surface area contributed by atoms with E-state index in [4.69, 9.17) is 9.84 Å². The summed E-state index contributed by atoms with van der Waals surface area (Å²) < 4.78 is 5.23. The molecule has 0 spiro atoms. The van der Waals surface area contributed by atoms with E-state index in [1.165, 1.54) is 0 Å². The van der Waals surface area contributed by atoms with Crippen molar-refractivity contribution in [2.45, 2.75) is 13.8 Å². The van der Waals surface area contributed by atoms with Gasteiger partial charge in [-0.05, 0) is 60.4 Å². The van der Waals surface area contributed by atoms with Gasteiger partial charge >= 0.3 is 5.97 Å². The van der Waals surface area contributed by atoms with Crippen molar-refractivity contribution in [1.29, 1.82) is 0 Å². The molecular formula is C16H16O3. The molecule has 0 heterocycles. The summed E-state index contributed by atoms with van der Waals surface area (Å²) in [6.07, 6.45) is 0. The quantitative estimate of drug-likeness (QED) is 0.911. The summed E-state index contributed by atoms with van der Waals surface area (Å²) in [6.45, 7) is 4.00. The lowest BCUT2D eigenvalue weighted by atomic mass is 9.94. The van der Waals surface area contributed by atoms with Crippen molar-refractivity contribution in [3.05, 3.63) is 53.1 Å². The van der Waals surface area contributed by atoms with E-state index in [-0.39, 0.29) is 0 Å². The molecule has 0 atom stereocenters. The van der Waals surface area contributed by atoms with Crippen LogP contribution in [0.4, 0.5) is 0 Å². The predicted molar refractivity (Wildman–Crippen MR) is 74.9 cm³/mol. The Morgan fingerprint density at radius 2 is 1.74 bits per heavy atom. The van der Waals surface area contributed by atoms with Crippen LogP contribution in [-0.2, 0) is 0 Å². The molecule has 0 bridgehead atoms.